The van der Waals surface area contributed by atoms with Gasteiger partial charge in [0.2, 0.25) is 0 Å². The molecular formula is C13H17NO3. The molecule has 0 fully saturated rings. The van der Waals surface area contributed by atoms with Gasteiger partial charge in [-0.15, -0.1) is 0 Å². The van der Waals surface area contributed by atoms with Crippen LogP contribution in [0.3, 0.4) is 0 Å². The van der Waals surface area contributed by atoms with Gasteiger partial charge in [0.1, 0.15) is 0 Å². The number of anilines is 1. The van der Waals surface area contributed by atoms with E-state index in [2.05, 4.69) is 11.8 Å². The summed E-state index contributed by atoms with van der Waals surface area (Å²) >= 11 is 0. The van der Waals surface area contributed by atoms with Crippen LogP contribution >= 0.6 is 0 Å². The molecule has 2 rings (SSSR count). The molecule has 4 heteroatoms. The Balaban J connectivity index is 2.20. The van der Waals surface area contributed by atoms with Crippen molar-refractivity contribution in [2.45, 2.75) is 25.9 Å². The number of nitrogens with zero attached hydrogens (tertiary/aromatic N) is 1. The van der Waals surface area contributed by atoms with E-state index in [4.69, 9.17) is 5.11 Å². The van der Waals surface area contributed by atoms with Gasteiger partial charge in [-0.3, -0.25) is 4.79 Å². The molecule has 0 unspecified atom stereocenters. The molecular weight excluding hydrogens is 218 g/mol. The lowest BCUT2D eigenvalue weighted by Gasteiger charge is -2.17. The zero-order valence-electron chi connectivity index (χ0n) is 9.89. The molecule has 1 aliphatic rings. The third-order valence-electron chi connectivity index (χ3n) is 3.23. The second kappa shape index (κ2) is 4.75. The summed E-state index contributed by atoms with van der Waals surface area (Å²) in [6.07, 6.45) is -0.180. The van der Waals surface area contributed by atoms with E-state index in [1.165, 1.54) is 11.3 Å². The molecule has 0 aliphatic carbocycles. The number of likely N-dealkylation sites (N-methyl/N-ethyl adjacent to an activating group) is 1. The third kappa shape index (κ3) is 2.42. The molecule has 1 aliphatic heterocycles. The molecule has 4 nitrogen and oxygen atoms in total. The van der Waals surface area contributed by atoms with E-state index in [-0.39, 0.29) is 6.42 Å². The van der Waals surface area contributed by atoms with Gasteiger partial charge in [0.15, 0.2) is 0 Å². The molecule has 1 aromatic rings. The van der Waals surface area contributed by atoms with Crippen LogP contribution in [0.2, 0.25) is 0 Å². The number of carboxylic acids is 1. The lowest BCUT2D eigenvalue weighted by molar-refractivity contribution is -0.139. The van der Waals surface area contributed by atoms with E-state index in [0.717, 1.165) is 19.5 Å². The van der Waals surface area contributed by atoms with Gasteiger partial charge in [0.05, 0.1) is 12.5 Å². The average Bonchev–Trinajstić information content (AvgIpc) is 2.69. The number of benzene rings is 1. The van der Waals surface area contributed by atoms with Crippen LogP contribution in [0.4, 0.5) is 5.69 Å². The number of aliphatic hydroxyl groups excluding tert-OH is 1. The Hall–Kier alpha value is -1.55. The molecule has 0 bridgehead atoms. The van der Waals surface area contributed by atoms with E-state index in [9.17, 15) is 9.90 Å². The van der Waals surface area contributed by atoms with E-state index >= 15 is 0 Å². The van der Waals surface area contributed by atoms with Crippen LogP contribution in [0, 0.1) is 0 Å². The van der Waals surface area contributed by atoms with E-state index in [0.29, 0.717) is 5.56 Å². The molecule has 92 valence electrons. The topological polar surface area (TPSA) is 60.8 Å². The summed E-state index contributed by atoms with van der Waals surface area (Å²) in [7, 11) is 0. The molecule has 2 N–H and O–H groups in total. The normalized spacial score (nSPS) is 15.8. The van der Waals surface area contributed by atoms with Crippen LogP contribution < -0.4 is 4.90 Å². The van der Waals surface area contributed by atoms with E-state index < -0.39 is 12.1 Å². The highest BCUT2D eigenvalue weighted by molar-refractivity contribution is 5.68. The standard InChI is InChI=1S/C13H17NO3/c1-2-14-6-5-9-7-10(3-4-11(9)14)12(15)8-13(16)17/h3-4,7,12,15H,2,5-6,8H2,1H3,(H,16,17)/t12-/m0/s1. The highest BCUT2D eigenvalue weighted by Gasteiger charge is 2.20. The summed E-state index contributed by atoms with van der Waals surface area (Å²) in [4.78, 5) is 12.8. The Kier molecular flexibility index (Phi) is 3.33. The smallest absolute Gasteiger partial charge is 0.306 e. The highest BCUT2D eigenvalue weighted by atomic mass is 16.4. The maximum atomic E-state index is 10.5. The lowest BCUT2D eigenvalue weighted by Crippen LogP contribution is -2.19. The summed E-state index contributed by atoms with van der Waals surface area (Å²) in [5, 5.41) is 18.4. The van der Waals surface area contributed by atoms with Gasteiger partial charge in [0.25, 0.3) is 0 Å². The Morgan fingerprint density at radius 1 is 1.53 bits per heavy atom. The van der Waals surface area contributed by atoms with Crippen molar-refractivity contribution in [1.82, 2.24) is 0 Å². The number of hydrogen-bond donors (Lipinski definition) is 2. The SMILES string of the molecule is CCN1CCc2cc([C@@H](O)CC(=O)O)ccc21. The number of aliphatic carboxylic acids is 1. The van der Waals surface area contributed by atoms with Crippen molar-refractivity contribution in [1.29, 1.82) is 0 Å². The molecule has 1 atom stereocenters. The molecule has 1 aromatic carbocycles. The van der Waals surface area contributed by atoms with Gasteiger partial charge in [-0.25, -0.2) is 0 Å². The molecule has 0 spiro atoms. The Morgan fingerprint density at radius 2 is 2.29 bits per heavy atom. The van der Waals surface area contributed by atoms with Crippen LogP contribution in [-0.4, -0.2) is 29.3 Å². The number of carboxylic acid groups (broad SMARTS) is 1. The average molecular weight is 235 g/mol. The molecule has 17 heavy (non-hydrogen) atoms. The molecule has 1 heterocycles. The summed E-state index contributed by atoms with van der Waals surface area (Å²) in [5.41, 5.74) is 3.11. The Morgan fingerprint density at radius 3 is 2.94 bits per heavy atom. The first-order valence-electron chi connectivity index (χ1n) is 5.89. The van der Waals surface area contributed by atoms with Crippen LogP contribution in [0.25, 0.3) is 0 Å². The second-order valence-electron chi connectivity index (χ2n) is 4.33. The second-order valence-corrected chi connectivity index (χ2v) is 4.33. The predicted octanol–water partition coefficient (Wildman–Crippen LogP) is 1.58. The van der Waals surface area contributed by atoms with Crippen molar-refractivity contribution in [3.05, 3.63) is 29.3 Å². The quantitative estimate of drug-likeness (QED) is 0.831. The zero-order valence-corrected chi connectivity index (χ0v) is 9.89. The van der Waals surface area contributed by atoms with Gasteiger partial charge < -0.3 is 15.1 Å². The van der Waals surface area contributed by atoms with Crippen molar-refractivity contribution >= 4 is 11.7 Å². The van der Waals surface area contributed by atoms with Crippen LogP contribution in [0.1, 0.15) is 30.6 Å². The number of carbonyl (C=O) groups is 1. The first-order valence-corrected chi connectivity index (χ1v) is 5.89. The molecule has 0 saturated heterocycles. The van der Waals surface area contributed by atoms with E-state index in [1.54, 1.807) is 0 Å². The zero-order chi connectivity index (χ0) is 12.4. The highest BCUT2D eigenvalue weighted by Crippen LogP contribution is 2.30. The van der Waals surface area contributed by atoms with Crippen LogP contribution in [0.15, 0.2) is 18.2 Å². The fraction of sp³-hybridized carbons (Fsp3) is 0.462. The third-order valence-corrected chi connectivity index (χ3v) is 3.23. The van der Waals surface area contributed by atoms with Crippen molar-refractivity contribution in [3.8, 4) is 0 Å². The van der Waals surface area contributed by atoms with Crippen LogP contribution in [-0.2, 0) is 11.2 Å². The fourth-order valence-electron chi connectivity index (χ4n) is 2.31. The Labute approximate surface area is 100 Å². The van der Waals surface area contributed by atoms with Gasteiger partial charge in [0, 0.05) is 18.8 Å². The van der Waals surface area contributed by atoms with Crippen LogP contribution in [0.5, 0.6) is 0 Å². The molecule has 0 saturated carbocycles. The summed E-state index contributed by atoms with van der Waals surface area (Å²) in [6.45, 7) is 4.09. The minimum Gasteiger partial charge on any atom is -0.481 e. The number of fused-ring (bicyclic) bond motifs is 1. The van der Waals surface area contributed by atoms with Crippen molar-refractivity contribution in [3.63, 3.8) is 0 Å². The number of hydrogen-bond acceptors (Lipinski definition) is 3. The molecule has 0 aromatic heterocycles. The minimum atomic E-state index is -0.979. The maximum absolute atomic E-state index is 10.5. The maximum Gasteiger partial charge on any atom is 0.306 e. The number of rotatable bonds is 4. The lowest BCUT2D eigenvalue weighted by atomic mass is 10.0. The largest absolute Gasteiger partial charge is 0.481 e. The fourth-order valence-corrected chi connectivity index (χ4v) is 2.31. The Bertz CT molecular complexity index is 431. The van der Waals surface area contributed by atoms with Gasteiger partial charge in [-0.1, -0.05) is 12.1 Å². The first kappa shape index (κ1) is 11.9. The molecule has 0 amide bonds. The van der Waals surface area contributed by atoms with Gasteiger partial charge in [-0.05, 0) is 30.5 Å². The predicted molar refractivity (Wildman–Crippen MR) is 65.2 cm³/mol. The first-order chi connectivity index (χ1) is 8.11. The summed E-state index contributed by atoms with van der Waals surface area (Å²) < 4.78 is 0. The summed E-state index contributed by atoms with van der Waals surface area (Å²) in [5.74, 6) is -0.979. The monoisotopic (exact) mass is 235 g/mol. The van der Waals surface area contributed by atoms with Crippen molar-refractivity contribution in [2.75, 3.05) is 18.0 Å². The van der Waals surface area contributed by atoms with E-state index in [1.807, 2.05) is 18.2 Å². The summed E-state index contributed by atoms with van der Waals surface area (Å²) in [6, 6.07) is 5.73. The minimum absolute atomic E-state index is 0.240. The van der Waals surface area contributed by atoms with Gasteiger partial charge >= 0.3 is 5.97 Å². The number of aliphatic hydroxyl groups is 1. The molecule has 0 radical (unpaired) electrons. The van der Waals surface area contributed by atoms with Crippen molar-refractivity contribution in [2.24, 2.45) is 0 Å². The van der Waals surface area contributed by atoms with Crippen molar-refractivity contribution < 1.29 is 15.0 Å². The van der Waals surface area contributed by atoms with Gasteiger partial charge in [-0.2, -0.15) is 0 Å².